The van der Waals surface area contributed by atoms with E-state index in [1.807, 2.05) is 30.3 Å². The highest BCUT2D eigenvalue weighted by Crippen LogP contribution is 2.01. The Labute approximate surface area is 89.0 Å². The first kappa shape index (κ1) is 10.9. The molecule has 4 heteroatoms. The highest BCUT2D eigenvalue weighted by molar-refractivity contribution is 7.80. The van der Waals surface area contributed by atoms with E-state index in [0.717, 1.165) is 6.42 Å². The Bertz CT molecular complexity index is 289. The third-order valence-corrected chi connectivity index (χ3v) is 1.90. The molecule has 3 nitrogen and oxygen atoms in total. The third kappa shape index (κ3) is 4.20. The SMILES string of the molecule is NC(=S)OCC(N)Cc1ccccc1. The van der Waals surface area contributed by atoms with Crippen molar-refractivity contribution in [2.24, 2.45) is 11.5 Å². The molecule has 1 aromatic rings. The molecule has 14 heavy (non-hydrogen) atoms. The summed E-state index contributed by atoms with van der Waals surface area (Å²) >= 11 is 4.58. The summed E-state index contributed by atoms with van der Waals surface area (Å²) in [6.45, 7) is 0.365. The summed E-state index contributed by atoms with van der Waals surface area (Å²) in [5, 5.41) is 0.0495. The predicted octanol–water partition coefficient (Wildman–Crippen LogP) is 0.817. The highest BCUT2D eigenvalue weighted by Gasteiger charge is 2.04. The van der Waals surface area contributed by atoms with Crippen LogP contribution in [0.3, 0.4) is 0 Å². The summed E-state index contributed by atoms with van der Waals surface area (Å²) in [7, 11) is 0. The molecule has 0 radical (unpaired) electrons. The maximum absolute atomic E-state index is 5.81. The largest absolute Gasteiger partial charge is 0.470 e. The van der Waals surface area contributed by atoms with E-state index in [1.54, 1.807) is 0 Å². The topological polar surface area (TPSA) is 61.3 Å². The predicted molar refractivity (Wildman–Crippen MR) is 60.9 cm³/mol. The van der Waals surface area contributed by atoms with Gasteiger partial charge in [-0.05, 0) is 24.2 Å². The zero-order valence-corrected chi connectivity index (χ0v) is 8.67. The second kappa shape index (κ2) is 5.57. The lowest BCUT2D eigenvalue weighted by Gasteiger charge is -2.11. The van der Waals surface area contributed by atoms with Crippen molar-refractivity contribution in [3.63, 3.8) is 0 Å². The second-order valence-corrected chi connectivity index (χ2v) is 3.48. The molecule has 0 aliphatic carbocycles. The van der Waals surface area contributed by atoms with Crippen LogP contribution in [-0.4, -0.2) is 17.8 Å². The quantitative estimate of drug-likeness (QED) is 0.722. The Kier molecular flexibility index (Phi) is 4.35. The van der Waals surface area contributed by atoms with Gasteiger partial charge >= 0.3 is 0 Å². The van der Waals surface area contributed by atoms with E-state index >= 15 is 0 Å². The highest BCUT2D eigenvalue weighted by atomic mass is 32.1. The fraction of sp³-hybridized carbons (Fsp3) is 0.300. The first-order chi connectivity index (χ1) is 6.68. The number of nitrogens with two attached hydrogens (primary N) is 2. The normalized spacial score (nSPS) is 12.1. The number of benzene rings is 1. The van der Waals surface area contributed by atoms with E-state index in [-0.39, 0.29) is 11.2 Å². The van der Waals surface area contributed by atoms with Crippen molar-refractivity contribution in [3.05, 3.63) is 35.9 Å². The zero-order valence-electron chi connectivity index (χ0n) is 7.85. The van der Waals surface area contributed by atoms with Gasteiger partial charge in [0.05, 0.1) is 0 Å². The molecule has 1 unspecified atom stereocenters. The minimum absolute atomic E-state index is 0.0495. The van der Waals surface area contributed by atoms with Crippen LogP contribution in [0.15, 0.2) is 30.3 Å². The van der Waals surface area contributed by atoms with E-state index < -0.39 is 0 Å². The molecule has 0 spiro atoms. The van der Waals surface area contributed by atoms with Crippen LogP contribution in [0.2, 0.25) is 0 Å². The van der Waals surface area contributed by atoms with Gasteiger partial charge in [0.25, 0.3) is 5.17 Å². The minimum Gasteiger partial charge on any atom is -0.470 e. The molecule has 1 rings (SSSR count). The zero-order chi connectivity index (χ0) is 10.4. The summed E-state index contributed by atoms with van der Waals surface area (Å²) in [6, 6.07) is 9.92. The molecule has 0 bridgehead atoms. The Balaban J connectivity index is 2.34. The average Bonchev–Trinajstić information content (AvgIpc) is 2.16. The van der Waals surface area contributed by atoms with Crippen molar-refractivity contribution >= 4 is 17.4 Å². The molecule has 0 heterocycles. The molecular weight excluding hydrogens is 196 g/mol. The Morgan fingerprint density at radius 1 is 1.36 bits per heavy atom. The lowest BCUT2D eigenvalue weighted by molar-refractivity contribution is 0.278. The van der Waals surface area contributed by atoms with Crippen LogP contribution in [0.1, 0.15) is 5.56 Å². The first-order valence-electron chi connectivity index (χ1n) is 4.40. The van der Waals surface area contributed by atoms with Crippen LogP contribution in [0.25, 0.3) is 0 Å². The maximum atomic E-state index is 5.81. The second-order valence-electron chi connectivity index (χ2n) is 3.08. The Morgan fingerprint density at radius 3 is 2.57 bits per heavy atom. The van der Waals surface area contributed by atoms with Crippen molar-refractivity contribution < 1.29 is 4.74 Å². The molecule has 0 aliphatic heterocycles. The van der Waals surface area contributed by atoms with E-state index in [9.17, 15) is 0 Å². The van der Waals surface area contributed by atoms with E-state index in [1.165, 1.54) is 5.56 Å². The Hall–Kier alpha value is -1.13. The smallest absolute Gasteiger partial charge is 0.254 e. The fourth-order valence-corrected chi connectivity index (χ4v) is 1.23. The van der Waals surface area contributed by atoms with Crippen molar-refractivity contribution in [2.45, 2.75) is 12.5 Å². The van der Waals surface area contributed by atoms with Crippen molar-refractivity contribution in [3.8, 4) is 0 Å². The standard InChI is InChI=1S/C10H14N2OS/c11-9(7-13-10(12)14)6-8-4-2-1-3-5-8/h1-5,9H,6-7,11H2,(H2,12,14). The molecule has 0 aliphatic rings. The van der Waals surface area contributed by atoms with E-state index in [2.05, 4.69) is 12.2 Å². The van der Waals surface area contributed by atoms with Gasteiger partial charge in [0.1, 0.15) is 6.61 Å². The number of thiocarbonyl (C=S) groups is 1. The molecule has 1 atom stereocenters. The average molecular weight is 210 g/mol. The van der Waals surface area contributed by atoms with Gasteiger partial charge in [-0.15, -0.1) is 0 Å². The lowest BCUT2D eigenvalue weighted by Crippen LogP contribution is -2.31. The molecular formula is C10H14N2OS. The summed E-state index contributed by atoms with van der Waals surface area (Å²) in [6.07, 6.45) is 0.767. The molecule has 4 N–H and O–H groups in total. The van der Waals surface area contributed by atoms with Gasteiger partial charge in [-0.3, -0.25) is 0 Å². The monoisotopic (exact) mass is 210 g/mol. The van der Waals surface area contributed by atoms with Gasteiger partial charge in [0.15, 0.2) is 0 Å². The van der Waals surface area contributed by atoms with Crippen molar-refractivity contribution in [1.29, 1.82) is 0 Å². The van der Waals surface area contributed by atoms with Gasteiger partial charge in [0.2, 0.25) is 0 Å². The first-order valence-corrected chi connectivity index (χ1v) is 4.81. The van der Waals surface area contributed by atoms with E-state index in [0.29, 0.717) is 6.61 Å². The van der Waals surface area contributed by atoms with Crippen LogP contribution >= 0.6 is 12.2 Å². The summed E-state index contributed by atoms with van der Waals surface area (Å²) < 4.78 is 4.96. The number of hydrogen-bond donors (Lipinski definition) is 2. The van der Waals surface area contributed by atoms with Crippen LogP contribution in [0.5, 0.6) is 0 Å². The number of ether oxygens (including phenoxy) is 1. The van der Waals surface area contributed by atoms with Crippen LogP contribution in [-0.2, 0) is 11.2 Å². The summed E-state index contributed by atoms with van der Waals surface area (Å²) in [5.41, 5.74) is 12.2. The van der Waals surface area contributed by atoms with Crippen molar-refractivity contribution in [1.82, 2.24) is 0 Å². The number of rotatable bonds is 4. The molecule has 0 saturated heterocycles. The van der Waals surface area contributed by atoms with Crippen LogP contribution in [0, 0.1) is 0 Å². The van der Waals surface area contributed by atoms with Gasteiger partial charge < -0.3 is 16.2 Å². The molecule has 76 valence electrons. The third-order valence-electron chi connectivity index (χ3n) is 1.78. The van der Waals surface area contributed by atoms with Crippen molar-refractivity contribution in [2.75, 3.05) is 6.61 Å². The van der Waals surface area contributed by atoms with Gasteiger partial charge in [-0.2, -0.15) is 0 Å². The number of hydrogen-bond acceptors (Lipinski definition) is 3. The van der Waals surface area contributed by atoms with E-state index in [4.69, 9.17) is 16.2 Å². The summed E-state index contributed by atoms with van der Waals surface area (Å²) in [4.78, 5) is 0. The van der Waals surface area contributed by atoms with Crippen LogP contribution < -0.4 is 11.5 Å². The lowest BCUT2D eigenvalue weighted by atomic mass is 10.1. The van der Waals surface area contributed by atoms with Gasteiger partial charge in [0, 0.05) is 6.04 Å². The van der Waals surface area contributed by atoms with Crippen LogP contribution in [0.4, 0.5) is 0 Å². The summed E-state index contributed by atoms with van der Waals surface area (Å²) in [5.74, 6) is 0. The maximum Gasteiger partial charge on any atom is 0.254 e. The van der Waals surface area contributed by atoms with Gasteiger partial charge in [-0.25, -0.2) is 0 Å². The molecule has 0 amide bonds. The molecule has 1 aromatic carbocycles. The Morgan fingerprint density at radius 2 is 2.00 bits per heavy atom. The molecule has 0 fully saturated rings. The molecule has 0 aromatic heterocycles. The van der Waals surface area contributed by atoms with Gasteiger partial charge in [-0.1, -0.05) is 30.3 Å². The fourth-order valence-electron chi connectivity index (χ4n) is 1.16. The molecule has 0 saturated carbocycles. The minimum atomic E-state index is -0.0705.